The van der Waals surface area contributed by atoms with Crippen LogP contribution in [0.5, 0.6) is 0 Å². The van der Waals surface area contributed by atoms with Gasteiger partial charge in [-0.25, -0.2) is 0 Å². The van der Waals surface area contributed by atoms with E-state index in [0.717, 1.165) is 25.7 Å². The van der Waals surface area contributed by atoms with Crippen LogP contribution in [-0.2, 0) is 0 Å². The summed E-state index contributed by atoms with van der Waals surface area (Å²) in [5.41, 5.74) is 2.63. The van der Waals surface area contributed by atoms with Gasteiger partial charge in [-0.2, -0.15) is 0 Å². The summed E-state index contributed by atoms with van der Waals surface area (Å²) in [5, 5.41) is 0. The fraction of sp³-hybridized carbons (Fsp3) is 0.364. The number of fused-ring (bicyclic) bond motifs is 2. The Bertz CT molecular complexity index is 733. The van der Waals surface area contributed by atoms with Crippen molar-refractivity contribution >= 4 is 23.2 Å². The molecule has 2 aromatic rings. The number of hydrogen-bond donors (Lipinski definition) is 0. The quantitative estimate of drug-likeness (QED) is 0.744. The van der Waals surface area contributed by atoms with Crippen molar-refractivity contribution in [3.05, 3.63) is 59.7 Å². The zero-order valence-electron chi connectivity index (χ0n) is 15.6. The molecule has 2 aromatic carbocycles. The van der Waals surface area contributed by atoms with E-state index in [-0.39, 0.29) is 11.8 Å². The van der Waals surface area contributed by atoms with Gasteiger partial charge in [0.25, 0.3) is 11.8 Å². The summed E-state index contributed by atoms with van der Waals surface area (Å²) < 4.78 is 0. The van der Waals surface area contributed by atoms with Gasteiger partial charge in [-0.3, -0.25) is 9.59 Å². The van der Waals surface area contributed by atoms with Crippen molar-refractivity contribution in [2.24, 2.45) is 0 Å². The molecule has 136 valence electrons. The second-order valence-electron chi connectivity index (χ2n) is 6.65. The third-order valence-electron chi connectivity index (χ3n) is 4.81. The van der Waals surface area contributed by atoms with Gasteiger partial charge in [0.1, 0.15) is 0 Å². The summed E-state index contributed by atoms with van der Waals surface area (Å²) >= 11 is 0. The van der Waals surface area contributed by atoms with Crippen LogP contribution in [0.4, 0.5) is 11.4 Å². The van der Waals surface area contributed by atoms with Gasteiger partial charge in [-0.15, -0.1) is 0 Å². The highest BCUT2D eigenvalue weighted by molar-refractivity contribution is 6.20. The second kappa shape index (κ2) is 8.17. The first-order chi connectivity index (χ1) is 12.7. The predicted molar refractivity (Wildman–Crippen MR) is 106 cm³/mol. The van der Waals surface area contributed by atoms with Crippen molar-refractivity contribution in [3.8, 4) is 0 Å². The van der Waals surface area contributed by atoms with Crippen LogP contribution in [0, 0.1) is 0 Å². The van der Waals surface area contributed by atoms with Gasteiger partial charge in [0, 0.05) is 13.1 Å². The molecule has 2 amide bonds. The lowest BCUT2D eigenvalue weighted by Crippen LogP contribution is -2.41. The maximum absolute atomic E-state index is 13.4. The molecule has 26 heavy (non-hydrogen) atoms. The summed E-state index contributed by atoms with van der Waals surface area (Å²) in [4.78, 5) is 30.3. The number of amides is 2. The number of para-hydroxylation sites is 2. The maximum atomic E-state index is 13.4. The predicted octanol–water partition coefficient (Wildman–Crippen LogP) is 4.89. The first-order valence-electron chi connectivity index (χ1n) is 9.50. The van der Waals surface area contributed by atoms with E-state index in [0.29, 0.717) is 35.6 Å². The van der Waals surface area contributed by atoms with Gasteiger partial charge in [0.15, 0.2) is 0 Å². The zero-order valence-corrected chi connectivity index (χ0v) is 15.6. The van der Waals surface area contributed by atoms with E-state index in [1.54, 1.807) is 9.80 Å². The van der Waals surface area contributed by atoms with Crippen LogP contribution in [-0.4, -0.2) is 24.9 Å². The Morgan fingerprint density at radius 1 is 0.654 bits per heavy atom. The standard InChI is InChI=1S/C22H26N2O2/c1-3-5-15-23-19-13-9-7-11-17(19)22(26)24(16-6-4-2)20-14-10-8-12-18(20)21(23)25/h7-14H,3-6,15-16H2,1-2H3. The number of benzene rings is 2. The van der Waals surface area contributed by atoms with Crippen LogP contribution < -0.4 is 9.80 Å². The lowest BCUT2D eigenvalue weighted by molar-refractivity contribution is 0.0973. The normalized spacial score (nSPS) is 13.9. The monoisotopic (exact) mass is 350 g/mol. The molecule has 1 aliphatic heterocycles. The minimum atomic E-state index is -0.0319. The number of nitrogens with zero attached hydrogens (tertiary/aromatic N) is 2. The van der Waals surface area contributed by atoms with Crippen LogP contribution in [0.2, 0.25) is 0 Å². The summed E-state index contributed by atoms with van der Waals surface area (Å²) in [6.45, 7) is 5.43. The molecule has 0 bridgehead atoms. The number of carbonyl (C=O) groups excluding carboxylic acids is 2. The van der Waals surface area contributed by atoms with Gasteiger partial charge in [-0.1, -0.05) is 51.0 Å². The molecule has 1 aliphatic rings. The molecule has 0 unspecified atom stereocenters. The van der Waals surface area contributed by atoms with E-state index < -0.39 is 0 Å². The lowest BCUT2D eigenvalue weighted by atomic mass is 10.0. The highest BCUT2D eigenvalue weighted by Crippen LogP contribution is 2.32. The van der Waals surface area contributed by atoms with E-state index in [9.17, 15) is 9.59 Å². The van der Waals surface area contributed by atoms with E-state index >= 15 is 0 Å². The Kier molecular flexibility index (Phi) is 5.71. The summed E-state index contributed by atoms with van der Waals surface area (Å²) in [6, 6.07) is 14.9. The largest absolute Gasteiger partial charge is 0.307 e. The number of carbonyl (C=O) groups is 2. The number of rotatable bonds is 6. The van der Waals surface area contributed by atoms with Gasteiger partial charge in [-0.05, 0) is 37.1 Å². The van der Waals surface area contributed by atoms with Crippen LogP contribution in [0.25, 0.3) is 0 Å². The molecule has 0 N–H and O–H groups in total. The van der Waals surface area contributed by atoms with Gasteiger partial charge < -0.3 is 9.80 Å². The SMILES string of the molecule is CCCCN1C(=O)c2ccccc2N(CCCC)C(=O)c2ccccc21. The summed E-state index contributed by atoms with van der Waals surface area (Å²) in [5.74, 6) is -0.0639. The Morgan fingerprint density at radius 2 is 1.04 bits per heavy atom. The molecule has 0 radical (unpaired) electrons. The van der Waals surface area contributed by atoms with Gasteiger partial charge in [0.2, 0.25) is 0 Å². The van der Waals surface area contributed by atoms with Gasteiger partial charge in [0.05, 0.1) is 22.5 Å². The molecule has 0 saturated heterocycles. The lowest BCUT2D eigenvalue weighted by Gasteiger charge is -2.33. The molecule has 0 atom stereocenters. The van der Waals surface area contributed by atoms with E-state index in [2.05, 4.69) is 13.8 Å². The molecule has 4 nitrogen and oxygen atoms in total. The maximum Gasteiger partial charge on any atom is 0.260 e. The third kappa shape index (κ3) is 3.36. The molecule has 0 aliphatic carbocycles. The van der Waals surface area contributed by atoms with Crippen LogP contribution in [0.1, 0.15) is 60.2 Å². The molecule has 1 heterocycles. The van der Waals surface area contributed by atoms with Crippen molar-refractivity contribution in [2.75, 3.05) is 22.9 Å². The number of hydrogen-bond acceptors (Lipinski definition) is 2. The minimum Gasteiger partial charge on any atom is -0.307 e. The molecule has 0 saturated carbocycles. The molecular weight excluding hydrogens is 324 g/mol. The van der Waals surface area contributed by atoms with Crippen molar-refractivity contribution in [3.63, 3.8) is 0 Å². The fourth-order valence-electron chi connectivity index (χ4n) is 3.37. The molecule has 3 rings (SSSR count). The van der Waals surface area contributed by atoms with Crippen molar-refractivity contribution in [1.82, 2.24) is 0 Å². The topological polar surface area (TPSA) is 40.6 Å². The Morgan fingerprint density at radius 3 is 1.42 bits per heavy atom. The first kappa shape index (κ1) is 18.2. The van der Waals surface area contributed by atoms with Crippen LogP contribution >= 0.6 is 0 Å². The average Bonchev–Trinajstić information content (AvgIpc) is 2.68. The molecule has 4 heteroatoms. The fourth-order valence-corrected chi connectivity index (χ4v) is 3.37. The summed E-state index contributed by atoms with van der Waals surface area (Å²) in [7, 11) is 0. The minimum absolute atomic E-state index is 0.0319. The summed E-state index contributed by atoms with van der Waals surface area (Å²) in [6.07, 6.45) is 3.78. The van der Waals surface area contributed by atoms with E-state index in [1.165, 1.54) is 0 Å². The van der Waals surface area contributed by atoms with Crippen molar-refractivity contribution in [2.45, 2.75) is 39.5 Å². The Balaban J connectivity index is 2.17. The van der Waals surface area contributed by atoms with Crippen molar-refractivity contribution in [1.29, 1.82) is 0 Å². The molecular formula is C22H26N2O2. The Hall–Kier alpha value is -2.62. The highest BCUT2D eigenvalue weighted by atomic mass is 16.2. The molecule has 0 fully saturated rings. The van der Waals surface area contributed by atoms with Crippen LogP contribution in [0.15, 0.2) is 48.5 Å². The highest BCUT2D eigenvalue weighted by Gasteiger charge is 2.31. The average molecular weight is 350 g/mol. The zero-order chi connectivity index (χ0) is 18.5. The smallest absolute Gasteiger partial charge is 0.260 e. The molecule has 0 aromatic heterocycles. The van der Waals surface area contributed by atoms with Crippen molar-refractivity contribution < 1.29 is 9.59 Å². The van der Waals surface area contributed by atoms with Gasteiger partial charge >= 0.3 is 0 Å². The second-order valence-corrected chi connectivity index (χ2v) is 6.65. The first-order valence-corrected chi connectivity index (χ1v) is 9.50. The Labute approximate surface area is 155 Å². The van der Waals surface area contributed by atoms with Crippen LogP contribution in [0.3, 0.4) is 0 Å². The number of unbranched alkanes of at least 4 members (excludes halogenated alkanes) is 2. The van der Waals surface area contributed by atoms with E-state index in [1.807, 2.05) is 48.5 Å². The van der Waals surface area contributed by atoms with E-state index in [4.69, 9.17) is 0 Å². The third-order valence-corrected chi connectivity index (χ3v) is 4.81. The number of anilines is 2. The molecule has 0 spiro atoms.